The van der Waals surface area contributed by atoms with Crippen LogP contribution in [0.2, 0.25) is 0 Å². The second kappa shape index (κ2) is 7.39. The Balaban J connectivity index is 2.21. The van der Waals surface area contributed by atoms with Gasteiger partial charge in [0.2, 0.25) is 5.91 Å². The summed E-state index contributed by atoms with van der Waals surface area (Å²) in [4.78, 5) is 30.9. The smallest absolute Gasteiger partial charge is 0.273 e. The Morgan fingerprint density at radius 3 is 2.60 bits per heavy atom. The summed E-state index contributed by atoms with van der Waals surface area (Å²) in [5.74, 6) is 0.403. The quantitative estimate of drug-likeness (QED) is 0.822. The average molecular weight is 347 g/mol. The van der Waals surface area contributed by atoms with Crippen molar-refractivity contribution in [3.05, 3.63) is 27.2 Å². The van der Waals surface area contributed by atoms with E-state index >= 15 is 0 Å². The predicted molar refractivity (Wildman–Crippen MR) is 99.6 cm³/mol. The summed E-state index contributed by atoms with van der Waals surface area (Å²) in [6.45, 7) is 8.54. The highest BCUT2D eigenvalue weighted by atomic mass is 16.2. The lowest BCUT2D eigenvalue weighted by Gasteiger charge is -2.22. The first-order valence-electron chi connectivity index (χ1n) is 8.67. The first kappa shape index (κ1) is 19.2. The van der Waals surface area contributed by atoms with E-state index in [0.29, 0.717) is 23.5 Å². The molecule has 2 heterocycles. The third kappa shape index (κ3) is 3.92. The molecule has 0 radical (unpaired) electrons. The number of carbonyl (C=O) groups is 1. The zero-order valence-electron chi connectivity index (χ0n) is 16.0. The van der Waals surface area contributed by atoms with Gasteiger partial charge in [-0.2, -0.15) is 0 Å². The second-order valence-corrected chi connectivity index (χ2v) is 7.19. The number of aromatic nitrogens is 3. The number of aromatic amines is 1. The third-order valence-electron chi connectivity index (χ3n) is 4.98. The van der Waals surface area contributed by atoms with Crippen LogP contribution in [-0.2, 0) is 18.3 Å². The number of rotatable bonds is 6. The number of aryl methyl sites for hydroxylation is 3. The minimum absolute atomic E-state index is 0.00988. The van der Waals surface area contributed by atoms with Crippen molar-refractivity contribution in [1.29, 1.82) is 0 Å². The molecule has 2 aromatic rings. The van der Waals surface area contributed by atoms with Crippen molar-refractivity contribution < 1.29 is 4.79 Å². The Labute approximate surface area is 148 Å². The molecule has 0 spiro atoms. The van der Waals surface area contributed by atoms with Gasteiger partial charge in [-0.05, 0) is 37.3 Å². The van der Waals surface area contributed by atoms with Gasteiger partial charge in [-0.25, -0.2) is 4.98 Å². The van der Waals surface area contributed by atoms with Gasteiger partial charge in [-0.3, -0.25) is 19.4 Å². The lowest BCUT2D eigenvalue weighted by Crippen LogP contribution is -2.35. The number of nitrogens with two attached hydrogens (primary N) is 1. The number of hydrogen-bond donors (Lipinski definition) is 2. The van der Waals surface area contributed by atoms with Crippen LogP contribution in [0.15, 0.2) is 4.79 Å². The van der Waals surface area contributed by atoms with Crippen molar-refractivity contribution in [1.82, 2.24) is 19.7 Å². The number of amides is 1. The normalized spacial score (nSPS) is 12.8. The third-order valence-corrected chi connectivity index (χ3v) is 4.98. The van der Waals surface area contributed by atoms with Crippen molar-refractivity contribution in [3.8, 4) is 0 Å². The monoisotopic (exact) mass is 347 g/mol. The lowest BCUT2D eigenvalue weighted by atomic mass is 10.0. The van der Waals surface area contributed by atoms with Gasteiger partial charge in [0.05, 0.1) is 11.8 Å². The largest absolute Gasteiger partial charge is 0.345 e. The van der Waals surface area contributed by atoms with E-state index in [2.05, 4.69) is 23.9 Å². The molecular formula is C18H29N5O2. The van der Waals surface area contributed by atoms with E-state index in [4.69, 9.17) is 5.73 Å². The SMILES string of the molecule is Cc1nc2c(c(C)c1CC(=O)N(C)CCC(N)C(C)C)c(=O)[nH]n2C. The van der Waals surface area contributed by atoms with Crippen LogP contribution in [0.5, 0.6) is 0 Å². The molecule has 1 unspecified atom stereocenters. The maximum Gasteiger partial charge on any atom is 0.273 e. The molecule has 0 aliphatic heterocycles. The zero-order valence-corrected chi connectivity index (χ0v) is 16.0. The number of pyridine rings is 1. The van der Waals surface area contributed by atoms with Crippen molar-refractivity contribution in [2.45, 2.75) is 46.6 Å². The van der Waals surface area contributed by atoms with Crippen molar-refractivity contribution >= 4 is 16.9 Å². The van der Waals surface area contributed by atoms with Crippen LogP contribution in [0.4, 0.5) is 0 Å². The van der Waals surface area contributed by atoms with Gasteiger partial charge in [0.15, 0.2) is 5.65 Å². The number of nitrogens with one attached hydrogen (secondary N) is 1. The molecule has 3 N–H and O–H groups in total. The molecule has 0 bridgehead atoms. The molecule has 0 saturated heterocycles. The minimum atomic E-state index is -0.174. The van der Waals surface area contributed by atoms with E-state index < -0.39 is 0 Å². The standard InChI is InChI=1S/C18H29N5O2/c1-10(2)14(19)7-8-22(5)15(24)9-13-11(3)16-17(20-12(13)4)23(6)21-18(16)25/h10,14H,7-9,19H2,1-6H3,(H,21,25). The maximum absolute atomic E-state index is 12.6. The Hall–Kier alpha value is -2.15. The molecular weight excluding hydrogens is 318 g/mol. The zero-order chi connectivity index (χ0) is 18.9. The summed E-state index contributed by atoms with van der Waals surface area (Å²) in [7, 11) is 3.55. The van der Waals surface area contributed by atoms with Gasteiger partial charge in [-0.15, -0.1) is 0 Å². The summed E-state index contributed by atoms with van der Waals surface area (Å²) >= 11 is 0. The molecule has 2 aromatic heterocycles. The maximum atomic E-state index is 12.6. The van der Waals surface area contributed by atoms with E-state index in [1.54, 1.807) is 23.7 Å². The van der Waals surface area contributed by atoms with Gasteiger partial charge in [0, 0.05) is 32.4 Å². The Morgan fingerprint density at radius 2 is 2.00 bits per heavy atom. The summed E-state index contributed by atoms with van der Waals surface area (Å²) in [6.07, 6.45) is 1.01. The molecule has 0 aliphatic carbocycles. The topological polar surface area (TPSA) is 97.0 Å². The first-order valence-corrected chi connectivity index (χ1v) is 8.67. The van der Waals surface area contributed by atoms with E-state index in [-0.39, 0.29) is 23.9 Å². The minimum Gasteiger partial charge on any atom is -0.345 e. The highest BCUT2D eigenvalue weighted by Gasteiger charge is 2.19. The van der Waals surface area contributed by atoms with Crippen molar-refractivity contribution in [3.63, 3.8) is 0 Å². The molecule has 0 fully saturated rings. The van der Waals surface area contributed by atoms with E-state index in [0.717, 1.165) is 23.2 Å². The van der Waals surface area contributed by atoms with Crippen LogP contribution in [0.3, 0.4) is 0 Å². The molecule has 7 nitrogen and oxygen atoms in total. The molecule has 0 saturated carbocycles. The molecule has 25 heavy (non-hydrogen) atoms. The number of fused-ring (bicyclic) bond motifs is 1. The van der Waals surface area contributed by atoms with Crippen molar-refractivity contribution in [2.75, 3.05) is 13.6 Å². The van der Waals surface area contributed by atoms with Crippen LogP contribution in [0.25, 0.3) is 11.0 Å². The average Bonchev–Trinajstić information content (AvgIpc) is 2.82. The fourth-order valence-electron chi connectivity index (χ4n) is 3.00. The van der Waals surface area contributed by atoms with Crippen LogP contribution < -0.4 is 11.3 Å². The fourth-order valence-corrected chi connectivity index (χ4v) is 3.00. The van der Waals surface area contributed by atoms with Crippen LogP contribution in [0.1, 0.15) is 37.1 Å². The first-order chi connectivity index (χ1) is 11.6. The van der Waals surface area contributed by atoms with Crippen LogP contribution >= 0.6 is 0 Å². The fraction of sp³-hybridized carbons (Fsp3) is 0.611. The summed E-state index contributed by atoms with van der Waals surface area (Å²) in [6, 6.07) is 0.0830. The number of carbonyl (C=O) groups excluding carboxylic acids is 1. The van der Waals surface area contributed by atoms with Gasteiger partial charge < -0.3 is 10.6 Å². The molecule has 0 aliphatic rings. The highest BCUT2D eigenvalue weighted by molar-refractivity contribution is 5.84. The summed E-state index contributed by atoms with van der Waals surface area (Å²) in [5.41, 5.74) is 8.93. The van der Waals surface area contributed by atoms with Crippen LogP contribution in [0, 0.1) is 19.8 Å². The molecule has 1 atom stereocenters. The van der Waals surface area contributed by atoms with E-state index in [1.807, 2.05) is 13.8 Å². The summed E-state index contributed by atoms with van der Waals surface area (Å²) < 4.78 is 1.61. The highest BCUT2D eigenvalue weighted by Crippen LogP contribution is 2.20. The lowest BCUT2D eigenvalue weighted by molar-refractivity contribution is -0.129. The Kier molecular flexibility index (Phi) is 5.67. The Morgan fingerprint density at radius 1 is 1.36 bits per heavy atom. The number of hydrogen-bond acceptors (Lipinski definition) is 4. The predicted octanol–water partition coefficient (Wildman–Crippen LogP) is 1.25. The molecule has 2 rings (SSSR count). The number of nitrogens with zero attached hydrogens (tertiary/aromatic N) is 3. The number of likely N-dealkylation sites (N-methyl/N-ethyl adjacent to an activating group) is 1. The molecule has 1 amide bonds. The van der Waals surface area contributed by atoms with Crippen molar-refractivity contribution in [2.24, 2.45) is 18.7 Å². The molecule has 138 valence electrons. The van der Waals surface area contributed by atoms with Gasteiger partial charge in [0.25, 0.3) is 5.56 Å². The van der Waals surface area contributed by atoms with E-state index in [9.17, 15) is 9.59 Å². The summed E-state index contributed by atoms with van der Waals surface area (Å²) in [5, 5.41) is 3.28. The van der Waals surface area contributed by atoms with Gasteiger partial charge >= 0.3 is 0 Å². The molecule has 7 heteroatoms. The Bertz CT molecular complexity index is 834. The second-order valence-electron chi connectivity index (χ2n) is 7.19. The van der Waals surface area contributed by atoms with E-state index in [1.165, 1.54) is 0 Å². The molecule has 0 aromatic carbocycles. The van der Waals surface area contributed by atoms with Crippen LogP contribution in [-0.4, -0.2) is 45.2 Å². The van der Waals surface area contributed by atoms with Gasteiger partial charge in [0.1, 0.15) is 0 Å². The van der Waals surface area contributed by atoms with Gasteiger partial charge in [-0.1, -0.05) is 13.8 Å². The number of H-pyrrole nitrogens is 1.